The van der Waals surface area contributed by atoms with Crippen LogP contribution in [0.2, 0.25) is 0 Å². The number of aromatic hydroxyl groups is 1. The van der Waals surface area contributed by atoms with Gasteiger partial charge in [-0.05, 0) is 64.6 Å². The van der Waals surface area contributed by atoms with Crippen LogP contribution in [-0.4, -0.2) is 98.9 Å². The summed E-state index contributed by atoms with van der Waals surface area (Å²) in [5, 5.41) is 49.0. The summed E-state index contributed by atoms with van der Waals surface area (Å²) in [7, 11) is 2.92. The Morgan fingerprint density at radius 2 is 1.89 bits per heavy atom. The van der Waals surface area contributed by atoms with E-state index in [-0.39, 0.29) is 41.6 Å². The fourth-order valence-corrected chi connectivity index (χ4v) is 9.12. The number of likely N-dealkylation sites (N-methyl/N-ethyl adjacent to an activating group) is 1. The number of ether oxygens (including phenoxy) is 1. The van der Waals surface area contributed by atoms with E-state index in [9.17, 15) is 48.0 Å². The molecule has 1 amide bonds. The minimum Gasteiger partial charge on any atom is -0.508 e. The number of nitrogens with two attached hydrogens (primary N) is 1. The third kappa shape index (κ3) is 3.92. The van der Waals surface area contributed by atoms with Gasteiger partial charge in [0.15, 0.2) is 17.1 Å². The standard InChI is InChI=1S/C30H33F3N4O8/c1-36(2)21-14-8-10-7-13-16(22(38)15(10)26(41)29(14,44)27(42)18(24(21)40)28(34)43)23(39)19-17(25(13)45-30(31,32)33)20-11(9-35-19)6-12-4-3-5-37(12)20/h10-12,14,20-21,35,38-39,42,44H,3-9H2,1-2H3,(H2,34,43)/t10-,11?,12?,14-,20?,21-,29+/m1/s1. The van der Waals surface area contributed by atoms with Crippen molar-refractivity contribution in [2.45, 2.75) is 62.2 Å². The summed E-state index contributed by atoms with van der Waals surface area (Å²) < 4.78 is 47.0. The fraction of sp³-hybridized carbons (Fsp3) is 0.567. The van der Waals surface area contributed by atoms with Gasteiger partial charge in [-0.2, -0.15) is 0 Å². The Kier molecular flexibility index (Phi) is 6.37. The maximum Gasteiger partial charge on any atom is 0.573 e. The number of anilines is 1. The van der Waals surface area contributed by atoms with Crippen LogP contribution in [-0.2, 0) is 20.8 Å². The number of alkyl halides is 3. The molecule has 3 aliphatic heterocycles. The number of phenolic OH excluding ortho intramolecular Hbond substituents is 1. The van der Waals surface area contributed by atoms with Crippen molar-refractivity contribution in [3.05, 3.63) is 33.6 Å². The predicted molar refractivity (Wildman–Crippen MR) is 150 cm³/mol. The third-order valence-electron chi connectivity index (χ3n) is 10.7. The van der Waals surface area contributed by atoms with Gasteiger partial charge in [0.05, 0.1) is 17.3 Å². The normalized spacial score (nSPS) is 34.1. The maximum absolute atomic E-state index is 14.1. The summed E-state index contributed by atoms with van der Waals surface area (Å²) in [5.41, 5.74) is 0.579. The second-order valence-electron chi connectivity index (χ2n) is 13.2. The van der Waals surface area contributed by atoms with Crippen LogP contribution in [0.25, 0.3) is 5.76 Å². The largest absolute Gasteiger partial charge is 0.573 e. The van der Waals surface area contributed by atoms with Gasteiger partial charge in [-0.25, -0.2) is 0 Å². The Labute approximate surface area is 254 Å². The molecule has 1 aromatic rings. The van der Waals surface area contributed by atoms with Crippen LogP contribution in [0.3, 0.4) is 0 Å². The summed E-state index contributed by atoms with van der Waals surface area (Å²) in [6.07, 6.45) is -3.16. The van der Waals surface area contributed by atoms with Crippen molar-refractivity contribution in [2.24, 2.45) is 23.5 Å². The number of fused-ring (bicyclic) bond motifs is 8. The number of amides is 1. The van der Waals surface area contributed by atoms with Gasteiger partial charge in [-0.1, -0.05) is 0 Å². The summed E-state index contributed by atoms with van der Waals surface area (Å²) in [5.74, 6) is -9.24. The first-order valence-corrected chi connectivity index (χ1v) is 14.9. The van der Waals surface area contributed by atoms with E-state index in [1.165, 1.54) is 19.0 Å². The van der Waals surface area contributed by atoms with E-state index in [4.69, 9.17) is 10.5 Å². The number of phenols is 1. The SMILES string of the molecule is CN(C)[C@H]1C(=O)C(C(N)=O)=C(O)[C@@]2(O)C(=O)C3=C(O)c4c(O)c5c(c(OC(F)(F)F)c4C[C@@H]3C[C@H]12)C1C(CN5)CC2CCCN21. The van der Waals surface area contributed by atoms with Gasteiger partial charge in [0.2, 0.25) is 5.78 Å². The summed E-state index contributed by atoms with van der Waals surface area (Å²) in [6.45, 7) is 1.03. The molecule has 2 saturated heterocycles. The zero-order valence-electron chi connectivity index (χ0n) is 24.4. The molecule has 0 aromatic heterocycles. The van der Waals surface area contributed by atoms with Gasteiger partial charge in [0, 0.05) is 41.2 Å². The fourth-order valence-electron chi connectivity index (χ4n) is 9.12. The topological polar surface area (TPSA) is 186 Å². The number of nitrogens with one attached hydrogen (secondary N) is 1. The molecule has 0 spiro atoms. The highest BCUT2D eigenvalue weighted by Crippen LogP contribution is 2.61. The number of aliphatic hydroxyl groups excluding tert-OH is 2. The van der Waals surface area contributed by atoms with Crippen molar-refractivity contribution < 1.29 is 52.7 Å². The van der Waals surface area contributed by atoms with Crippen LogP contribution in [0.1, 0.15) is 48.4 Å². The highest BCUT2D eigenvalue weighted by Gasteiger charge is 2.64. The van der Waals surface area contributed by atoms with E-state index in [1.807, 2.05) is 0 Å². The van der Waals surface area contributed by atoms with E-state index >= 15 is 0 Å². The molecule has 1 saturated carbocycles. The van der Waals surface area contributed by atoms with Gasteiger partial charge in [0.1, 0.15) is 22.8 Å². The molecule has 3 unspecified atom stereocenters. The lowest BCUT2D eigenvalue weighted by atomic mass is 9.57. The third-order valence-corrected chi connectivity index (χ3v) is 10.7. The number of hydrogen-bond donors (Lipinski definition) is 6. The molecule has 3 fully saturated rings. The highest BCUT2D eigenvalue weighted by atomic mass is 19.4. The maximum atomic E-state index is 14.1. The van der Waals surface area contributed by atoms with E-state index in [0.29, 0.717) is 13.1 Å². The number of Topliss-reactive ketones (excluding diaryl/α,β-unsaturated/α-hetero) is 2. The molecule has 0 bridgehead atoms. The second-order valence-corrected chi connectivity index (χ2v) is 13.2. The minimum atomic E-state index is -5.13. The van der Waals surface area contributed by atoms with E-state index in [0.717, 1.165) is 19.3 Å². The molecular weight excluding hydrogens is 601 g/mol. The van der Waals surface area contributed by atoms with Crippen molar-refractivity contribution in [1.82, 2.24) is 9.80 Å². The number of aliphatic hydroxyl groups is 3. The zero-order chi connectivity index (χ0) is 32.5. The smallest absolute Gasteiger partial charge is 0.508 e. The van der Waals surface area contributed by atoms with Crippen LogP contribution in [0.4, 0.5) is 18.9 Å². The number of rotatable bonds is 3. The van der Waals surface area contributed by atoms with E-state index in [1.54, 1.807) is 0 Å². The van der Waals surface area contributed by atoms with Crippen LogP contribution >= 0.6 is 0 Å². The Morgan fingerprint density at radius 1 is 1.18 bits per heavy atom. The van der Waals surface area contributed by atoms with Gasteiger partial charge >= 0.3 is 6.36 Å². The first-order chi connectivity index (χ1) is 21.1. The van der Waals surface area contributed by atoms with Gasteiger partial charge < -0.3 is 36.2 Å². The molecule has 7 N–H and O–H groups in total. The second kappa shape index (κ2) is 9.59. The van der Waals surface area contributed by atoms with Crippen molar-refractivity contribution in [2.75, 3.05) is 32.5 Å². The Bertz CT molecular complexity index is 1640. The molecule has 3 heterocycles. The lowest BCUT2D eigenvalue weighted by Gasteiger charge is -2.50. The molecule has 45 heavy (non-hydrogen) atoms. The summed E-state index contributed by atoms with van der Waals surface area (Å²) in [4.78, 5) is 43.1. The number of nitrogens with zero attached hydrogens (tertiary/aromatic N) is 2. The molecule has 3 aliphatic carbocycles. The first-order valence-electron chi connectivity index (χ1n) is 14.9. The van der Waals surface area contributed by atoms with Gasteiger partial charge in [-0.15, -0.1) is 13.2 Å². The highest BCUT2D eigenvalue weighted by molar-refractivity contribution is 6.24. The van der Waals surface area contributed by atoms with Crippen molar-refractivity contribution in [3.8, 4) is 11.5 Å². The molecule has 6 aliphatic rings. The summed E-state index contributed by atoms with van der Waals surface area (Å²) >= 11 is 0. The van der Waals surface area contributed by atoms with E-state index in [2.05, 4.69) is 10.2 Å². The van der Waals surface area contributed by atoms with Crippen molar-refractivity contribution in [1.29, 1.82) is 0 Å². The molecule has 0 radical (unpaired) electrons. The number of halogens is 3. The number of primary amides is 1. The zero-order valence-corrected chi connectivity index (χ0v) is 24.4. The van der Waals surface area contributed by atoms with Gasteiger partial charge in [-0.3, -0.25) is 24.2 Å². The predicted octanol–water partition coefficient (Wildman–Crippen LogP) is 1.81. The average Bonchev–Trinajstić information content (AvgIpc) is 3.53. The Balaban J connectivity index is 1.46. The lowest BCUT2D eigenvalue weighted by molar-refractivity contribution is -0.275. The van der Waals surface area contributed by atoms with Crippen LogP contribution in [0.15, 0.2) is 16.9 Å². The van der Waals surface area contributed by atoms with Gasteiger partial charge in [0.25, 0.3) is 5.91 Å². The Morgan fingerprint density at radius 3 is 2.53 bits per heavy atom. The average molecular weight is 635 g/mol. The van der Waals surface area contributed by atoms with E-state index < -0.39 is 93.1 Å². The molecular formula is C30H33F3N4O8. The number of hydrogen-bond acceptors (Lipinski definition) is 11. The molecule has 7 rings (SSSR count). The molecule has 12 nitrogen and oxygen atoms in total. The van der Waals surface area contributed by atoms with Crippen molar-refractivity contribution >= 4 is 28.9 Å². The first kappa shape index (κ1) is 29.9. The number of benzene rings is 1. The molecule has 1 aromatic carbocycles. The van der Waals surface area contributed by atoms with Crippen LogP contribution in [0.5, 0.6) is 11.5 Å². The monoisotopic (exact) mass is 634 g/mol. The summed E-state index contributed by atoms with van der Waals surface area (Å²) in [6, 6.07) is -1.62. The Hall–Kier alpha value is -3.82. The quantitative estimate of drug-likeness (QED) is 0.210. The molecule has 15 heteroatoms. The number of ketones is 2. The van der Waals surface area contributed by atoms with Crippen LogP contribution in [0, 0.1) is 17.8 Å². The number of carbonyl (C=O) groups excluding carboxylic acids is 3. The number of carbonyl (C=O) groups is 3. The molecule has 7 atom stereocenters. The molecule has 242 valence electrons. The van der Waals surface area contributed by atoms with Crippen molar-refractivity contribution in [3.63, 3.8) is 0 Å². The minimum absolute atomic E-state index is 0.0399. The van der Waals surface area contributed by atoms with Crippen LogP contribution < -0.4 is 15.8 Å². The lowest BCUT2D eigenvalue weighted by Crippen LogP contribution is -2.65.